The van der Waals surface area contributed by atoms with E-state index in [1.54, 1.807) is 30.3 Å². The van der Waals surface area contributed by atoms with E-state index in [0.717, 1.165) is 0 Å². The normalized spacial score (nSPS) is 10.1. The predicted molar refractivity (Wildman–Crippen MR) is 88.2 cm³/mol. The van der Waals surface area contributed by atoms with E-state index in [2.05, 4.69) is 5.32 Å². The molecule has 0 radical (unpaired) electrons. The van der Waals surface area contributed by atoms with Crippen LogP contribution >= 0.6 is 23.2 Å². The molecule has 0 aliphatic carbocycles. The van der Waals surface area contributed by atoms with Gasteiger partial charge in [-0.05, 0) is 37.3 Å². The van der Waals surface area contributed by atoms with Gasteiger partial charge in [-0.15, -0.1) is 0 Å². The summed E-state index contributed by atoms with van der Waals surface area (Å²) in [6, 6.07) is 12.0. The summed E-state index contributed by atoms with van der Waals surface area (Å²) in [7, 11) is 0. The van der Waals surface area contributed by atoms with Crippen molar-refractivity contribution < 1.29 is 14.3 Å². The number of hydrogen-bond donors (Lipinski definition) is 1. The Morgan fingerprint density at radius 1 is 1.09 bits per heavy atom. The highest BCUT2D eigenvalue weighted by Crippen LogP contribution is 2.25. The van der Waals surface area contributed by atoms with Crippen molar-refractivity contribution in [3.63, 3.8) is 0 Å². The van der Waals surface area contributed by atoms with Gasteiger partial charge in [0.1, 0.15) is 11.5 Å². The van der Waals surface area contributed by atoms with Crippen molar-refractivity contribution >= 4 is 34.8 Å². The zero-order valence-electron chi connectivity index (χ0n) is 11.9. The van der Waals surface area contributed by atoms with E-state index in [9.17, 15) is 4.79 Å². The number of nitrogens with one attached hydrogen (secondary N) is 1. The fraction of sp³-hybridized carbons (Fsp3) is 0.188. The van der Waals surface area contributed by atoms with Crippen molar-refractivity contribution in [3.05, 3.63) is 52.5 Å². The minimum Gasteiger partial charge on any atom is -0.492 e. The number of para-hydroxylation sites is 2. The number of carbonyl (C=O) groups is 1. The molecule has 0 aliphatic heterocycles. The molecule has 2 rings (SSSR count). The van der Waals surface area contributed by atoms with E-state index in [0.29, 0.717) is 33.8 Å². The SMILES string of the molecule is CCOc1ccccc1NC(=O)COc1cc(Cl)cc(Cl)c1. The Bertz CT molecular complexity index is 641. The lowest BCUT2D eigenvalue weighted by Crippen LogP contribution is -2.20. The zero-order valence-corrected chi connectivity index (χ0v) is 13.4. The fourth-order valence-electron chi connectivity index (χ4n) is 1.80. The van der Waals surface area contributed by atoms with Gasteiger partial charge in [0.25, 0.3) is 5.91 Å². The number of benzene rings is 2. The van der Waals surface area contributed by atoms with Crippen LogP contribution in [0.3, 0.4) is 0 Å². The maximum Gasteiger partial charge on any atom is 0.262 e. The van der Waals surface area contributed by atoms with Gasteiger partial charge in [0.2, 0.25) is 0 Å². The molecule has 0 saturated heterocycles. The molecule has 0 atom stereocenters. The van der Waals surface area contributed by atoms with Gasteiger partial charge in [0.05, 0.1) is 12.3 Å². The largest absolute Gasteiger partial charge is 0.492 e. The number of anilines is 1. The number of hydrogen-bond acceptors (Lipinski definition) is 3. The Morgan fingerprint density at radius 3 is 2.45 bits per heavy atom. The fourth-order valence-corrected chi connectivity index (χ4v) is 2.30. The first-order valence-corrected chi connectivity index (χ1v) is 7.44. The lowest BCUT2D eigenvalue weighted by molar-refractivity contribution is -0.118. The number of halogens is 2. The van der Waals surface area contributed by atoms with Gasteiger partial charge in [-0.25, -0.2) is 0 Å². The molecule has 0 fully saturated rings. The van der Waals surface area contributed by atoms with Crippen LogP contribution in [0.15, 0.2) is 42.5 Å². The molecule has 2 aromatic rings. The van der Waals surface area contributed by atoms with Crippen LogP contribution in [-0.2, 0) is 4.79 Å². The Morgan fingerprint density at radius 2 is 1.77 bits per heavy atom. The summed E-state index contributed by atoms with van der Waals surface area (Å²) in [5, 5.41) is 3.64. The van der Waals surface area contributed by atoms with E-state index >= 15 is 0 Å². The standard InChI is InChI=1S/C16H15Cl2NO3/c1-2-21-15-6-4-3-5-14(15)19-16(20)10-22-13-8-11(17)7-12(18)9-13/h3-9H,2,10H2,1H3,(H,19,20). The second-order valence-electron chi connectivity index (χ2n) is 4.37. The second kappa shape index (κ2) is 7.92. The number of carbonyl (C=O) groups excluding carboxylic acids is 1. The molecule has 0 heterocycles. The monoisotopic (exact) mass is 339 g/mol. The molecule has 0 saturated carbocycles. The highest BCUT2D eigenvalue weighted by Gasteiger charge is 2.08. The maximum absolute atomic E-state index is 12.0. The number of rotatable bonds is 6. The molecule has 0 spiro atoms. The van der Waals surface area contributed by atoms with Crippen LogP contribution in [0.5, 0.6) is 11.5 Å². The Hall–Kier alpha value is -1.91. The topological polar surface area (TPSA) is 47.6 Å². The van der Waals surface area contributed by atoms with Gasteiger partial charge in [-0.2, -0.15) is 0 Å². The molecule has 0 aromatic heterocycles. The summed E-state index contributed by atoms with van der Waals surface area (Å²) in [5.74, 6) is 0.748. The lowest BCUT2D eigenvalue weighted by atomic mass is 10.3. The van der Waals surface area contributed by atoms with Gasteiger partial charge < -0.3 is 14.8 Å². The summed E-state index contributed by atoms with van der Waals surface area (Å²) in [4.78, 5) is 12.0. The average molecular weight is 340 g/mol. The second-order valence-corrected chi connectivity index (χ2v) is 5.24. The van der Waals surface area contributed by atoms with Crippen molar-refractivity contribution in [1.29, 1.82) is 0 Å². The van der Waals surface area contributed by atoms with Crippen molar-refractivity contribution in [2.75, 3.05) is 18.5 Å². The van der Waals surface area contributed by atoms with Crippen LogP contribution in [0.2, 0.25) is 10.0 Å². The Labute approximate surface area is 138 Å². The third-order valence-electron chi connectivity index (χ3n) is 2.67. The highest BCUT2D eigenvalue weighted by molar-refractivity contribution is 6.34. The van der Waals surface area contributed by atoms with Gasteiger partial charge >= 0.3 is 0 Å². The Balaban J connectivity index is 1.96. The van der Waals surface area contributed by atoms with Crippen LogP contribution in [0.1, 0.15) is 6.92 Å². The van der Waals surface area contributed by atoms with Gasteiger partial charge in [0, 0.05) is 10.0 Å². The molecule has 1 N–H and O–H groups in total. The van der Waals surface area contributed by atoms with Crippen LogP contribution in [0.4, 0.5) is 5.69 Å². The number of ether oxygens (including phenoxy) is 2. The third kappa shape index (κ3) is 4.83. The minimum atomic E-state index is -0.303. The molecule has 4 nitrogen and oxygen atoms in total. The molecule has 6 heteroatoms. The molecule has 0 bridgehead atoms. The summed E-state index contributed by atoms with van der Waals surface area (Å²) in [6.07, 6.45) is 0. The molecular formula is C16H15Cl2NO3. The smallest absolute Gasteiger partial charge is 0.262 e. The van der Waals surface area contributed by atoms with Crippen LogP contribution in [0.25, 0.3) is 0 Å². The molecule has 1 amide bonds. The summed E-state index contributed by atoms with van der Waals surface area (Å²) in [6.45, 7) is 2.24. The zero-order chi connectivity index (χ0) is 15.9. The van der Waals surface area contributed by atoms with E-state index in [-0.39, 0.29) is 12.5 Å². The summed E-state index contributed by atoms with van der Waals surface area (Å²) in [5.41, 5.74) is 0.599. The van der Waals surface area contributed by atoms with Crippen molar-refractivity contribution in [3.8, 4) is 11.5 Å². The van der Waals surface area contributed by atoms with Crippen LogP contribution < -0.4 is 14.8 Å². The van der Waals surface area contributed by atoms with Crippen LogP contribution in [-0.4, -0.2) is 19.1 Å². The van der Waals surface area contributed by atoms with Gasteiger partial charge in [-0.1, -0.05) is 35.3 Å². The molecule has 0 unspecified atom stereocenters. The Kier molecular flexibility index (Phi) is 5.92. The molecule has 2 aromatic carbocycles. The molecule has 0 aliphatic rings. The average Bonchev–Trinajstić information content (AvgIpc) is 2.46. The lowest BCUT2D eigenvalue weighted by Gasteiger charge is -2.12. The molecule has 22 heavy (non-hydrogen) atoms. The summed E-state index contributed by atoms with van der Waals surface area (Å²) >= 11 is 11.7. The predicted octanol–water partition coefficient (Wildman–Crippen LogP) is 4.41. The summed E-state index contributed by atoms with van der Waals surface area (Å²) < 4.78 is 10.8. The first-order valence-electron chi connectivity index (χ1n) is 6.69. The quantitative estimate of drug-likeness (QED) is 0.847. The molecule has 116 valence electrons. The van der Waals surface area contributed by atoms with E-state index in [1.165, 1.54) is 0 Å². The van der Waals surface area contributed by atoms with Gasteiger partial charge in [0.15, 0.2) is 6.61 Å². The first-order chi connectivity index (χ1) is 10.6. The van der Waals surface area contributed by atoms with E-state index in [1.807, 2.05) is 19.1 Å². The minimum absolute atomic E-state index is 0.156. The van der Waals surface area contributed by atoms with Crippen molar-refractivity contribution in [1.82, 2.24) is 0 Å². The highest BCUT2D eigenvalue weighted by atomic mass is 35.5. The first kappa shape index (κ1) is 16.5. The van der Waals surface area contributed by atoms with E-state index in [4.69, 9.17) is 32.7 Å². The number of amides is 1. The van der Waals surface area contributed by atoms with Crippen molar-refractivity contribution in [2.24, 2.45) is 0 Å². The molecular weight excluding hydrogens is 325 g/mol. The third-order valence-corrected chi connectivity index (χ3v) is 3.10. The maximum atomic E-state index is 12.0. The van der Waals surface area contributed by atoms with Crippen LogP contribution in [0, 0.1) is 0 Å². The van der Waals surface area contributed by atoms with Gasteiger partial charge in [-0.3, -0.25) is 4.79 Å². The van der Waals surface area contributed by atoms with Crippen molar-refractivity contribution in [2.45, 2.75) is 6.92 Å². The van der Waals surface area contributed by atoms with E-state index < -0.39 is 0 Å².